The number of carbonyl (C=O) groups is 1. The van der Waals surface area contributed by atoms with Crippen LogP contribution in [0.2, 0.25) is 0 Å². The fourth-order valence-electron chi connectivity index (χ4n) is 1.56. The van der Waals surface area contributed by atoms with Gasteiger partial charge in [-0.2, -0.15) is 4.39 Å². The van der Waals surface area contributed by atoms with Crippen molar-refractivity contribution in [2.24, 2.45) is 0 Å². The summed E-state index contributed by atoms with van der Waals surface area (Å²) in [6.45, 7) is 0. The summed E-state index contributed by atoms with van der Waals surface area (Å²) in [5.41, 5.74) is 1.11. The summed E-state index contributed by atoms with van der Waals surface area (Å²) in [4.78, 5) is 19.3. The molecule has 1 N–H and O–H groups in total. The van der Waals surface area contributed by atoms with Gasteiger partial charge in [0.1, 0.15) is 5.01 Å². The molecule has 0 aliphatic heterocycles. The van der Waals surface area contributed by atoms with E-state index in [1.807, 2.05) is 0 Å². The molecule has 0 saturated carbocycles. The number of halogens is 1. The van der Waals surface area contributed by atoms with Gasteiger partial charge in [-0.1, -0.05) is 11.3 Å². The summed E-state index contributed by atoms with van der Waals surface area (Å²) in [5.74, 6) is -1.05. The molecule has 6 nitrogen and oxygen atoms in total. The highest BCUT2D eigenvalue weighted by atomic mass is 32.1. The van der Waals surface area contributed by atoms with Crippen molar-refractivity contribution in [2.45, 2.75) is 0 Å². The fraction of sp³-hybridized carbons (Fsp3) is 0. The van der Waals surface area contributed by atoms with E-state index in [0.717, 1.165) is 17.8 Å². The first-order valence-corrected chi connectivity index (χ1v) is 6.71. The molecular formula is C13H8FN5OS. The van der Waals surface area contributed by atoms with Gasteiger partial charge in [0.05, 0.1) is 5.56 Å². The predicted octanol–water partition coefficient (Wildman–Crippen LogP) is 2.39. The van der Waals surface area contributed by atoms with Crippen LogP contribution in [0, 0.1) is 5.95 Å². The van der Waals surface area contributed by atoms with Crippen molar-refractivity contribution >= 4 is 22.4 Å². The summed E-state index contributed by atoms with van der Waals surface area (Å²) in [7, 11) is 0. The van der Waals surface area contributed by atoms with Gasteiger partial charge in [0, 0.05) is 24.2 Å². The van der Waals surface area contributed by atoms with Gasteiger partial charge in [0.25, 0.3) is 5.91 Å². The number of pyridine rings is 2. The van der Waals surface area contributed by atoms with Gasteiger partial charge in [-0.3, -0.25) is 15.1 Å². The first-order valence-electron chi connectivity index (χ1n) is 5.89. The van der Waals surface area contributed by atoms with E-state index in [4.69, 9.17) is 0 Å². The van der Waals surface area contributed by atoms with E-state index in [-0.39, 0.29) is 5.56 Å². The van der Waals surface area contributed by atoms with E-state index in [9.17, 15) is 9.18 Å². The molecule has 0 bridgehead atoms. The minimum Gasteiger partial charge on any atom is -0.296 e. The third-order valence-corrected chi connectivity index (χ3v) is 3.45. The summed E-state index contributed by atoms with van der Waals surface area (Å²) in [6.07, 6.45) is 4.47. The van der Waals surface area contributed by atoms with E-state index < -0.39 is 11.9 Å². The fourth-order valence-corrected chi connectivity index (χ4v) is 2.31. The van der Waals surface area contributed by atoms with Crippen LogP contribution >= 0.6 is 11.3 Å². The summed E-state index contributed by atoms with van der Waals surface area (Å²) < 4.78 is 12.7. The van der Waals surface area contributed by atoms with Gasteiger partial charge in [-0.15, -0.1) is 10.2 Å². The third kappa shape index (κ3) is 3.06. The highest BCUT2D eigenvalue weighted by molar-refractivity contribution is 7.18. The second kappa shape index (κ2) is 5.71. The minimum absolute atomic E-state index is 0.247. The Morgan fingerprint density at radius 2 is 1.95 bits per heavy atom. The molecular weight excluding hydrogens is 293 g/mol. The van der Waals surface area contributed by atoms with Gasteiger partial charge in [-0.25, -0.2) is 4.98 Å². The number of amides is 1. The number of carbonyl (C=O) groups excluding carboxylic acids is 1. The molecule has 0 aliphatic carbocycles. The Balaban J connectivity index is 1.75. The lowest BCUT2D eigenvalue weighted by atomic mass is 10.3. The van der Waals surface area contributed by atoms with Crippen LogP contribution < -0.4 is 5.32 Å². The molecule has 8 heteroatoms. The summed E-state index contributed by atoms with van der Waals surface area (Å²) >= 11 is 1.24. The van der Waals surface area contributed by atoms with Crippen molar-refractivity contribution in [3.63, 3.8) is 0 Å². The van der Waals surface area contributed by atoms with Crippen molar-refractivity contribution in [2.75, 3.05) is 5.32 Å². The van der Waals surface area contributed by atoms with Crippen LogP contribution in [0.25, 0.3) is 10.6 Å². The average Bonchev–Trinajstić information content (AvgIpc) is 2.97. The van der Waals surface area contributed by atoms with Crippen LogP contribution in [-0.4, -0.2) is 26.1 Å². The highest BCUT2D eigenvalue weighted by Crippen LogP contribution is 2.25. The maximum absolute atomic E-state index is 12.7. The lowest BCUT2D eigenvalue weighted by Gasteiger charge is -1.99. The highest BCUT2D eigenvalue weighted by Gasteiger charge is 2.11. The quantitative estimate of drug-likeness (QED) is 0.751. The van der Waals surface area contributed by atoms with E-state index in [1.165, 1.54) is 17.4 Å². The molecule has 3 aromatic heterocycles. The Morgan fingerprint density at radius 1 is 1.14 bits per heavy atom. The van der Waals surface area contributed by atoms with Gasteiger partial charge < -0.3 is 0 Å². The Hall–Kier alpha value is -2.74. The molecule has 104 valence electrons. The molecule has 21 heavy (non-hydrogen) atoms. The van der Waals surface area contributed by atoms with E-state index in [0.29, 0.717) is 10.1 Å². The number of rotatable bonds is 3. The second-order valence-corrected chi connectivity index (χ2v) is 4.95. The third-order valence-electron chi connectivity index (χ3n) is 2.56. The molecule has 0 atom stereocenters. The number of aromatic nitrogens is 4. The molecule has 0 aromatic carbocycles. The number of hydrogen-bond acceptors (Lipinski definition) is 6. The van der Waals surface area contributed by atoms with Crippen molar-refractivity contribution < 1.29 is 9.18 Å². The Bertz CT molecular complexity index is 760. The van der Waals surface area contributed by atoms with Gasteiger partial charge in [0.15, 0.2) is 0 Å². The van der Waals surface area contributed by atoms with Crippen LogP contribution in [0.5, 0.6) is 0 Å². The first-order chi connectivity index (χ1) is 10.2. The second-order valence-electron chi connectivity index (χ2n) is 3.97. The molecule has 3 rings (SSSR count). The zero-order chi connectivity index (χ0) is 14.7. The van der Waals surface area contributed by atoms with Gasteiger partial charge in [0.2, 0.25) is 11.1 Å². The molecule has 0 spiro atoms. The maximum Gasteiger partial charge on any atom is 0.259 e. The Morgan fingerprint density at radius 3 is 2.67 bits per heavy atom. The molecule has 0 radical (unpaired) electrons. The molecule has 0 aliphatic rings. The maximum atomic E-state index is 12.7. The molecule has 3 heterocycles. The Kier molecular flexibility index (Phi) is 3.61. The van der Waals surface area contributed by atoms with Crippen molar-refractivity contribution in [3.05, 3.63) is 54.4 Å². The van der Waals surface area contributed by atoms with Crippen LogP contribution in [-0.2, 0) is 0 Å². The van der Waals surface area contributed by atoms with E-state index in [1.54, 1.807) is 24.5 Å². The van der Waals surface area contributed by atoms with Crippen LogP contribution in [0.15, 0.2) is 42.9 Å². The van der Waals surface area contributed by atoms with Crippen LogP contribution in [0.3, 0.4) is 0 Å². The number of anilines is 1. The number of nitrogens with one attached hydrogen (secondary N) is 1. The first kappa shape index (κ1) is 13.3. The molecule has 0 saturated heterocycles. The summed E-state index contributed by atoms with van der Waals surface area (Å²) in [5, 5.41) is 11.5. The SMILES string of the molecule is O=C(Nc1nnc(-c2ccncc2)s1)c1ccc(F)nc1. The molecule has 3 aromatic rings. The topological polar surface area (TPSA) is 80.7 Å². The van der Waals surface area contributed by atoms with E-state index in [2.05, 4.69) is 25.5 Å². The number of nitrogens with zero attached hydrogens (tertiary/aromatic N) is 4. The van der Waals surface area contributed by atoms with Crippen LogP contribution in [0.1, 0.15) is 10.4 Å². The van der Waals surface area contributed by atoms with E-state index >= 15 is 0 Å². The zero-order valence-corrected chi connectivity index (χ0v) is 11.3. The lowest BCUT2D eigenvalue weighted by Crippen LogP contribution is -2.12. The molecule has 1 amide bonds. The largest absolute Gasteiger partial charge is 0.296 e. The van der Waals surface area contributed by atoms with Gasteiger partial charge in [-0.05, 0) is 24.3 Å². The summed E-state index contributed by atoms with van der Waals surface area (Å²) in [6, 6.07) is 6.08. The van der Waals surface area contributed by atoms with Crippen LogP contribution in [0.4, 0.5) is 9.52 Å². The normalized spacial score (nSPS) is 10.3. The number of hydrogen-bond donors (Lipinski definition) is 1. The van der Waals surface area contributed by atoms with Gasteiger partial charge >= 0.3 is 0 Å². The standard InChI is InChI=1S/C13H8FN5OS/c14-10-2-1-9(7-16-10)11(20)17-13-19-18-12(21-13)8-3-5-15-6-4-8/h1-7H,(H,17,19,20). The molecule has 0 unspecified atom stereocenters. The monoisotopic (exact) mass is 301 g/mol. The average molecular weight is 301 g/mol. The lowest BCUT2D eigenvalue weighted by molar-refractivity contribution is 0.102. The minimum atomic E-state index is -0.637. The predicted molar refractivity (Wildman–Crippen MR) is 75.3 cm³/mol. The smallest absolute Gasteiger partial charge is 0.259 e. The zero-order valence-electron chi connectivity index (χ0n) is 10.5. The van der Waals surface area contributed by atoms with Crippen molar-refractivity contribution in [1.29, 1.82) is 0 Å². The van der Waals surface area contributed by atoms with Crippen molar-refractivity contribution in [3.8, 4) is 10.6 Å². The Labute approximate surface area is 122 Å². The molecule has 0 fully saturated rings. The van der Waals surface area contributed by atoms with Crippen molar-refractivity contribution in [1.82, 2.24) is 20.2 Å².